The number of rotatable bonds is 4. The largest absolute Gasteiger partial charge is 0.368 e. The molecular formula is C18H16N4O3S2. The van der Waals surface area contributed by atoms with Crippen molar-refractivity contribution in [2.45, 2.75) is 0 Å². The number of aromatic nitrogens is 1. The third kappa shape index (κ3) is 3.69. The van der Waals surface area contributed by atoms with Gasteiger partial charge in [-0.05, 0) is 23.6 Å². The lowest BCUT2D eigenvalue weighted by atomic mass is 10.2. The molecule has 3 aromatic rings. The number of benzene rings is 1. The Morgan fingerprint density at radius 1 is 1.07 bits per heavy atom. The normalized spacial score (nSPS) is 14.4. The Kier molecular flexibility index (Phi) is 4.87. The molecule has 27 heavy (non-hydrogen) atoms. The molecule has 0 N–H and O–H groups in total. The van der Waals surface area contributed by atoms with Gasteiger partial charge in [0.2, 0.25) is 0 Å². The first-order chi connectivity index (χ1) is 13.1. The maximum Gasteiger partial charge on any atom is 0.273 e. The molecule has 7 nitrogen and oxygen atoms in total. The van der Waals surface area contributed by atoms with Gasteiger partial charge >= 0.3 is 0 Å². The minimum atomic E-state index is -0.404. The minimum Gasteiger partial charge on any atom is -0.368 e. The van der Waals surface area contributed by atoms with Gasteiger partial charge in [-0.3, -0.25) is 14.9 Å². The van der Waals surface area contributed by atoms with Gasteiger partial charge in [0, 0.05) is 60.3 Å². The predicted octanol–water partition coefficient (Wildman–Crippen LogP) is 3.74. The van der Waals surface area contributed by atoms with E-state index < -0.39 is 4.92 Å². The summed E-state index contributed by atoms with van der Waals surface area (Å²) in [7, 11) is 0. The molecule has 1 fully saturated rings. The number of carbonyl (C=O) groups is 1. The van der Waals surface area contributed by atoms with Gasteiger partial charge < -0.3 is 9.80 Å². The Bertz CT molecular complexity index is 945. The van der Waals surface area contributed by atoms with E-state index in [-0.39, 0.29) is 11.6 Å². The van der Waals surface area contributed by atoms with Crippen LogP contribution in [0.1, 0.15) is 10.5 Å². The first-order valence-corrected chi connectivity index (χ1v) is 10.2. The van der Waals surface area contributed by atoms with Crippen molar-refractivity contribution in [2.24, 2.45) is 0 Å². The van der Waals surface area contributed by atoms with Gasteiger partial charge in [-0.2, -0.15) is 11.3 Å². The highest BCUT2D eigenvalue weighted by Gasteiger charge is 2.24. The zero-order valence-corrected chi connectivity index (χ0v) is 15.9. The third-order valence-electron chi connectivity index (χ3n) is 4.48. The number of nitro groups is 1. The van der Waals surface area contributed by atoms with Crippen LogP contribution in [0.3, 0.4) is 0 Å². The van der Waals surface area contributed by atoms with Crippen LogP contribution < -0.4 is 4.90 Å². The van der Waals surface area contributed by atoms with Gasteiger partial charge in [0.15, 0.2) is 0 Å². The first-order valence-electron chi connectivity index (χ1n) is 8.38. The average Bonchev–Trinajstić information content (AvgIpc) is 3.39. The van der Waals surface area contributed by atoms with E-state index in [1.54, 1.807) is 23.5 Å². The molecule has 0 unspecified atom stereocenters. The molecule has 4 rings (SSSR count). The van der Waals surface area contributed by atoms with E-state index in [0.717, 1.165) is 16.3 Å². The van der Waals surface area contributed by atoms with Crippen molar-refractivity contribution < 1.29 is 9.72 Å². The number of carbonyl (C=O) groups excluding carboxylic acids is 1. The van der Waals surface area contributed by atoms with Crippen molar-refractivity contribution >= 4 is 40.0 Å². The lowest BCUT2D eigenvalue weighted by Gasteiger charge is -2.35. The monoisotopic (exact) mass is 400 g/mol. The fourth-order valence-corrected chi connectivity index (χ4v) is 4.51. The van der Waals surface area contributed by atoms with Gasteiger partial charge in [-0.1, -0.05) is 0 Å². The summed E-state index contributed by atoms with van der Waals surface area (Å²) in [6.45, 7) is 2.57. The van der Waals surface area contributed by atoms with Gasteiger partial charge in [-0.15, -0.1) is 11.3 Å². The second-order valence-electron chi connectivity index (χ2n) is 6.10. The number of thiophene rings is 1. The molecule has 1 aliphatic rings. The Labute approximate surface area is 163 Å². The fourth-order valence-electron chi connectivity index (χ4n) is 3.01. The molecule has 0 bridgehead atoms. The standard InChI is InChI=1S/C18H16N4O3S2/c23-18(16-12-27-17(19-16)13-5-10-26-11-13)21-8-6-20(7-9-21)14-1-3-15(4-2-14)22(24)25/h1-5,10-12H,6-9H2. The highest BCUT2D eigenvalue weighted by molar-refractivity contribution is 7.14. The first kappa shape index (κ1) is 17.6. The highest BCUT2D eigenvalue weighted by atomic mass is 32.1. The maximum atomic E-state index is 12.7. The van der Waals surface area contributed by atoms with Crippen molar-refractivity contribution in [1.29, 1.82) is 0 Å². The van der Waals surface area contributed by atoms with Crippen molar-refractivity contribution in [2.75, 3.05) is 31.1 Å². The molecule has 0 saturated carbocycles. The number of nitro benzene ring substituents is 1. The van der Waals surface area contributed by atoms with Crippen molar-refractivity contribution in [3.05, 3.63) is 62.3 Å². The molecule has 1 aliphatic heterocycles. The van der Waals surface area contributed by atoms with E-state index in [4.69, 9.17) is 0 Å². The number of non-ortho nitro benzene ring substituents is 1. The molecule has 3 heterocycles. The lowest BCUT2D eigenvalue weighted by molar-refractivity contribution is -0.384. The van der Waals surface area contributed by atoms with Gasteiger partial charge in [0.1, 0.15) is 10.7 Å². The highest BCUT2D eigenvalue weighted by Crippen LogP contribution is 2.26. The zero-order chi connectivity index (χ0) is 18.8. The summed E-state index contributed by atoms with van der Waals surface area (Å²) in [6.07, 6.45) is 0. The van der Waals surface area contributed by atoms with Crippen LogP contribution in [-0.2, 0) is 0 Å². The van der Waals surface area contributed by atoms with Crippen molar-refractivity contribution in [1.82, 2.24) is 9.88 Å². The summed E-state index contributed by atoms with van der Waals surface area (Å²) in [5, 5.41) is 17.5. The van der Waals surface area contributed by atoms with Crippen LogP contribution in [0.25, 0.3) is 10.6 Å². The maximum absolute atomic E-state index is 12.7. The van der Waals surface area contributed by atoms with Gasteiger partial charge in [0.05, 0.1) is 4.92 Å². The Morgan fingerprint density at radius 2 is 1.81 bits per heavy atom. The summed E-state index contributed by atoms with van der Waals surface area (Å²) < 4.78 is 0. The SMILES string of the molecule is O=C(c1csc(-c2ccsc2)n1)N1CCN(c2ccc([N+](=O)[O-])cc2)CC1. The Morgan fingerprint density at radius 3 is 2.44 bits per heavy atom. The van der Waals surface area contributed by atoms with Crippen LogP contribution in [0.5, 0.6) is 0 Å². The molecule has 1 saturated heterocycles. The number of amides is 1. The minimum absolute atomic E-state index is 0.0453. The predicted molar refractivity (Wildman–Crippen MR) is 107 cm³/mol. The van der Waals surface area contributed by atoms with E-state index in [9.17, 15) is 14.9 Å². The van der Waals surface area contributed by atoms with E-state index in [1.807, 2.05) is 27.1 Å². The zero-order valence-electron chi connectivity index (χ0n) is 14.3. The van der Waals surface area contributed by atoms with E-state index in [2.05, 4.69) is 9.88 Å². The molecule has 0 spiro atoms. The number of nitrogens with zero attached hydrogens (tertiary/aromatic N) is 4. The van der Waals surface area contributed by atoms with E-state index >= 15 is 0 Å². The molecule has 2 aromatic heterocycles. The van der Waals surface area contributed by atoms with Gasteiger partial charge in [0.25, 0.3) is 11.6 Å². The van der Waals surface area contributed by atoms with E-state index in [1.165, 1.54) is 23.5 Å². The summed E-state index contributed by atoms with van der Waals surface area (Å²) in [6, 6.07) is 8.52. The molecule has 1 aromatic carbocycles. The van der Waals surface area contributed by atoms with Crippen LogP contribution in [0.4, 0.5) is 11.4 Å². The average molecular weight is 400 g/mol. The lowest BCUT2D eigenvalue weighted by Crippen LogP contribution is -2.48. The number of anilines is 1. The molecule has 138 valence electrons. The second kappa shape index (κ2) is 7.45. The van der Waals surface area contributed by atoms with Crippen LogP contribution >= 0.6 is 22.7 Å². The van der Waals surface area contributed by atoms with Crippen LogP contribution in [0.15, 0.2) is 46.5 Å². The summed E-state index contributed by atoms with van der Waals surface area (Å²) in [5.74, 6) is -0.0453. The quantitative estimate of drug-likeness (QED) is 0.492. The van der Waals surface area contributed by atoms with Crippen molar-refractivity contribution in [3.63, 3.8) is 0 Å². The topological polar surface area (TPSA) is 79.6 Å². The fraction of sp³-hybridized carbons (Fsp3) is 0.222. The summed E-state index contributed by atoms with van der Waals surface area (Å²) in [4.78, 5) is 31.5. The molecule has 0 radical (unpaired) electrons. The van der Waals surface area contributed by atoms with Gasteiger partial charge in [-0.25, -0.2) is 4.98 Å². The molecule has 0 atom stereocenters. The number of thiazole rings is 1. The number of piperazine rings is 1. The van der Waals surface area contributed by atoms with Crippen LogP contribution in [-0.4, -0.2) is 46.9 Å². The number of hydrogen-bond donors (Lipinski definition) is 0. The van der Waals surface area contributed by atoms with Crippen LogP contribution in [0.2, 0.25) is 0 Å². The molecule has 9 heteroatoms. The Balaban J connectivity index is 1.38. The van der Waals surface area contributed by atoms with Crippen molar-refractivity contribution in [3.8, 4) is 10.6 Å². The molecule has 1 amide bonds. The molecule has 0 aliphatic carbocycles. The number of hydrogen-bond acceptors (Lipinski definition) is 7. The Hall–Kier alpha value is -2.78. The van der Waals surface area contributed by atoms with Crippen LogP contribution in [0, 0.1) is 10.1 Å². The van der Waals surface area contributed by atoms with E-state index in [0.29, 0.717) is 31.9 Å². The summed E-state index contributed by atoms with van der Waals surface area (Å²) >= 11 is 3.09. The summed E-state index contributed by atoms with van der Waals surface area (Å²) in [5.41, 5.74) is 2.55. The third-order valence-corrected chi connectivity index (χ3v) is 6.06. The smallest absolute Gasteiger partial charge is 0.273 e. The molecular weight excluding hydrogens is 384 g/mol. The second-order valence-corrected chi connectivity index (χ2v) is 7.74.